The van der Waals surface area contributed by atoms with Gasteiger partial charge in [0.15, 0.2) is 6.61 Å². The molecule has 0 spiro atoms. The zero-order chi connectivity index (χ0) is 22.4. The monoisotopic (exact) mass is 422 g/mol. The summed E-state index contributed by atoms with van der Waals surface area (Å²) in [6.07, 6.45) is 4.32. The Morgan fingerprint density at radius 3 is 2.48 bits per heavy atom. The molecule has 3 rings (SSSR count). The molecule has 0 unspecified atom stereocenters. The maximum atomic E-state index is 13.2. The third-order valence-corrected chi connectivity index (χ3v) is 6.17. The zero-order valence-corrected chi connectivity index (χ0v) is 19.1. The molecule has 1 saturated carbocycles. The zero-order valence-electron chi connectivity index (χ0n) is 19.1. The van der Waals surface area contributed by atoms with E-state index in [4.69, 9.17) is 4.74 Å². The second-order valence-electron chi connectivity index (χ2n) is 8.67. The molecular formula is C26H34N2O3. The second-order valence-corrected chi connectivity index (χ2v) is 8.67. The summed E-state index contributed by atoms with van der Waals surface area (Å²) in [4.78, 5) is 27.8. The van der Waals surface area contributed by atoms with Crippen molar-refractivity contribution >= 4 is 11.8 Å². The molecule has 0 heterocycles. The van der Waals surface area contributed by atoms with Gasteiger partial charge in [0.05, 0.1) is 0 Å². The largest absolute Gasteiger partial charge is 0.483 e. The molecule has 2 aromatic carbocycles. The van der Waals surface area contributed by atoms with Crippen LogP contribution in [0.25, 0.3) is 0 Å². The minimum atomic E-state index is -0.574. The number of hydrogen-bond donors (Lipinski definition) is 1. The van der Waals surface area contributed by atoms with Crippen LogP contribution in [0, 0.1) is 20.8 Å². The van der Waals surface area contributed by atoms with E-state index in [-0.39, 0.29) is 24.5 Å². The number of benzene rings is 2. The molecule has 31 heavy (non-hydrogen) atoms. The van der Waals surface area contributed by atoms with Gasteiger partial charge in [-0.25, -0.2) is 0 Å². The van der Waals surface area contributed by atoms with Crippen molar-refractivity contribution in [1.82, 2.24) is 10.2 Å². The summed E-state index contributed by atoms with van der Waals surface area (Å²) in [7, 11) is 0. The highest BCUT2D eigenvalue weighted by atomic mass is 16.5. The Kier molecular flexibility index (Phi) is 7.72. The first-order valence-corrected chi connectivity index (χ1v) is 11.2. The lowest BCUT2D eigenvalue weighted by Crippen LogP contribution is -2.50. The molecular weight excluding hydrogens is 388 g/mol. The summed E-state index contributed by atoms with van der Waals surface area (Å²) >= 11 is 0. The molecule has 1 aliphatic carbocycles. The van der Waals surface area contributed by atoms with Gasteiger partial charge in [-0.3, -0.25) is 9.59 Å². The molecule has 5 heteroatoms. The van der Waals surface area contributed by atoms with Crippen LogP contribution in [0.15, 0.2) is 42.5 Å². The number of aryl methyl sites for hydroxylation is 3. The number of amides is 2. The molecule has 2 aromatic rings. The average Bonchev–Trinajstić information content (AvgIpc) is 3.26. The molecule has 0 radical (unpaired) electrons. The van der Waals surface area contributed by atoms with Crippen molar-refractivity contribution in [2.45, 2.75) is 72.0 Å². The van der Waals surface area contributed by atoms with Gasteiger partial charge in [-0.15, -0.1) is 0 Å². The first-order valence-electron chi connectivity index (χ1n) is 11.2. The van der Waals surface area contributed by atoms with E-state index in [0.717, 1.165) is 47.9 Å². The number of carbonyl (C=O) groups excluding carboxylic acids is 2. The van der Waals surface area contributed by atoms with Crippen LogP contribution < -0.4 is 10.1 Å². The lowest BCUT2D eigenvalue weighted by Gasteiger charge is -2.30. The van der Waals surface area contributed by atoms with Crippen LogP contribution in [-0.2, 0) is 16.1 Å². The maximum Gasteiger partial charge on any atom is 0.261 e. The predicted octanol–water partition coefficient (Wildman–Crippen LogP) is 4.47. The van der Waals surface area contributed by atoms with Crippen LogP contribution in [0.2, 0.25) is 0 Å². The standard InChI is InChI=1S/C26H34N2O3/c1-18-13-14-20(3)24(15-18)31-17-25(29)28(16-22-10-6-5-9-19(22)2)21(4)26(30)27-23-11-7-8-12-23/h5-6,9-10,13-15,21,23H,7-8,11-12,16-17H2,1-4H3,(H,27,30)/t21-/m1/s1. The molecule has 2 amide bonds. The van der Waals surface area contributed by atoms with Gasteiger partial charge in [-0.1, -0.05) is 49.2 Å². The fraction of sp³-hybridized carbons (Fsp3) is 0.462. The van der Waals surface area contributed by atoms with Crippen LogP contribution in [0.4, 0.5) is 0 Å². The Labute approximate surface area is 185 Å². The van der Waals surface area contributed by atoms with Gasteiger partial charge in [0.25, 0.3) is 5.91 Å². The number of carbonyl (C=O) groups is 2. The molecule has 1 aliphatic rings. The Balaban J connectivity index is 1.75. The van der Waals surface area contributed by atoms with E-state index in [0.29, 0.717) is 12.3 Å². The lowest BCUT2D eigenvalue weighted by molar-refractivity contribution is -0.142. The SMILES string of the molecule is Cc1ccc(C)c(OCC(=O)N(Cc2ccccc2C)[C@H](C)C(=O)NC2CCCC2)c1. The van der Waals surface area contributed by atoms with Gasteiger partial charge in [0.1, 0.15) is 11.8 Å². The Morgan fingerprint density at radius 2 is 1.77 bits per heavy atom. The van der Waals surface area contributed by atoms with Crippen LogP contribution in [0.5, 0.6) is 5.75 Å². The highest BCUT2D eigenvalue weighted by Gasteiger charge is 2.29. The normalized spacial score (nSPS) is 14.8. The third kappa shape index (κ3) is 6.09. The van der Waals surface area contributed by atoms with Crippen molar-refractivity contribution in [3.05, 3.63) is 64.7 Å². The summed E-state index contributed by atoms with van der Waals surface area (Å²) in [6.45, 7) is 8.06. The van der Waals surface area contributed by atoms with E-state index in [1.54, 1.807) is 11.8 Å². The van der Waals surface area contributed by atoms with Crippen molar-refractivity contribution in [2.24, 2.45) is 0 Å². The van der Waals surface area contributed by atoms with Crippen LogP contribution in [0.1, 0.15) is 54.9 Å². The molecule has 0 bridgehead atoms. The highest BCUT2D eigenvalue weighted by Crippen LogP contribution is 2.21. The Hall–Kier alpha value is -2.82. The van der Waals surface area contributed by atoms with Crippen molar-refractivity contribution in [3.63, 3.8) is 0 Å². The van der Waals surface area contributed by atoms with Gasteiger partial charge in [0.2, 0.25) is 5.91 Å². The number of nitrogens with one attached hydrogen (secondary N) is 1. The molecule has 1 atom stereocenters. The summed E-state index contributed by atoms with van der Waals surface area (Å²) in [5, 5.41) is 3.13. The average molecular weight is 423 g/mol. The number of rotatable bonds is 8. The van der Waals surface area contributed by atoms with E-state index in [9.17, 15) is 9.59 Å². The molecule has 1 fully saturated rings. The molecule has 0 aliphatic heterocycles. The van der Waals surface area contributed by atoms with Crippen LogP contribution >= 0.6 is 0 Å². The van der Waals surface area contributed by atoms with Gasteiger partial charge in [-0.05, 0) is 68.9 Å². The third-order valence-electron chi connectivity index (χ3n) is 6.17. The lowest BCUT2D eigenvalue weighted by atomic mass is 10.1. The number of ether oxygens (including phenoxy) is 1. The topological polar surface area (TPSA) is 58.6 Å². The fourth-order valence-electron chi connectivity index (χ4n) is 4.03. The highest BCUT2D eigenvalue weighted by molar-refractivity contribution is 5.88. The first-order chi connectivity index (χ1) is 14.8. The summed E-state index contributed by atoms with van der Waals surface area (Å²) in [5.74, 6) is 0.408. The fourth-order valence-corrected chi connectivity index (χ4v) is 4.03. The van der Waals surface area contributed by atoms with E-state index in [1.807, 2.05) is 63.2 Å². The smallest absolute Gasteiger partial charge is 0.261 e. The van der Waals surface area contributed by atoms with E-state index >= 15 is 0 Å². The summed E-state index contributed by atoms with van der Waals surface area (Å²) in [6, 6.07) is 13.5. The van der Waals surface area contributed by atoms with Crippen molar-refractivity contribution in [1.29, 1.82) is 0 Å². The molecule has 5 nitrogen and oxygen atoms in total. The predicted molar refractivity (Wildman–Crippen MR) is 123 cm³/mol. The van der Waals surface area contributed by atoms with Gasteiger partial charge in [-0.2, -0.15) is 0 Å². The van der Waals surface area contributed by atoms with Crippen molar-refractivity contribution < 1.29 is 14.3 Å². The van der Waals surface area contributed by atoms with Crippen molar-refractivity contribution in [2.75, 3.05) is 6.61 Å². The molecule has 0 aromatic heterocycles. The Bertz CT molecular complexity index is 919. The first kappa shape index (κ1) is 22.9. The van der Waals surface area contributed by atoms with E-state index in [2.05, 4.69) is 5.32 Å². The van der Waals surface area contributed by atoms with E-state index < -0.39 is 6.04 Å². The maximum absolute atomic E-state index is 13.2. The van der Waals surface area contributed by atoms with E-state index in [1.165, 1.54) is 0 Å². The number of hydrogen-bond acceptors (Lipinski definition) is 3. The Morgan fingerprint density at radius 1 is 1.06 bits per heavy atom. The quantitative estimate of drug-likeness (QED) is 0.683. The minimum Gasteiger partial charge on any atom is -0.483 e. The number of nitrogens with zero attached hydrogens (tertiary/aromatic N) is 1. The van der Waals surface area contributed by atoms with Gasteiger partial charge < -0.3 is 15.0 Å². The van der Waals surface area contributed by atoms with Gasteiger partial charge >= 0.3 is 0 Å². The molecule has 166 valence electrons. The summed E-state index contributed by atoms with van der Waals surface area (Å²) in [5.41, 5.74) is 4.19. The van der Waals surface area contributed by atoms with Crippen LogP contribution in [-0.4, -0.2) is 35.4 Å². The van der Waals surface area contributed by atoms with Crippen molar-refractivity contribution in [3.8, 4) is 5.75 Å². The minimum absolute atomic E-state index is 0.0967. The van der Waals surface area contributed by atoms with Crippen LogP contribution in [0.3, 0.4) is 0 Å². The summed E-state index contributed by atoms with van der Waals surface area (Å²) < 4.78 is 5.87. The molecule has 0 saturated heterocycles. The van der Waals surface area contributed by atoms with Gasteiger partial charge in [0, 0.05) is 12.6 Å². The second kappa shape index (κ2) is 10.5. The molecule has 1 N–H and O–H groups in total.